The van der Waals surface area contributed by atoms with E-state index in [2.05, 4.69) is 68.5 Å². The number of rotatable bonds is 7. The zero-order chi connectivity index (χ0) is 22.6. The number of hydrogen-bond acceptors (Lipinski definition) is 9. The molecule has 1 fully saturated rings. The first-order chi connectivity index (χ1) is 16.1. The van der Waals surface area contributed by atoms with Crippen molar-refractivity contribution in [2.75, 3.05) is 31.6 Å². The molecule has 0 spiro atoms. The molecule has 5 heterocycles. The number of nitrogens with one attached hydrogen (secondary N) is 1. The van der Waals surface area contributed by atoms with Crippen LogP contribution >= 0.6 is 11.3 Å². The summed E-state index contributed by atoms with van der Waals surface area (Å²) < 4.78 is 7.70. The van der Waals surface area contributed by atoms with E-state index in [4.69, 9.17) is 9.72 Å². The Morgan fingerprint density at radius 3 is 2.64 bits per heavy atom. The second-order valence-electron chi connectivity index (χ2n) is 8.24. The van der Waals surface area contributed by atoms with Gasteiger partial charge in [-0.3, -0.25) is 0 Å². The quantitative estimate of drug-likeness (QED) is 0.341. The van der Waals surface area contributed by atoms with Gasteiger partial charge in [0.15, 0.2) is 0 Å². The molecule has 0 atom stereocenters. The maximum atomic E-state index is 5.41. The summed E-state index contributed by atoms with van der Waals surface area (Å²) in [4.78, 5) is 16.5. The molecule has 0 aliphatic carbocycles. The molecule has 0 saturated carbocycles. The van der Waals surface area contributed by atoms with Gasteiger partial charge in [0.25, 0.3) is 0 Å². The zero-order valence-electron chi connectivity index (χ0n) is 18.7. The van der Waals surface area contributed by atoms with Crippen LogP contribution < -0.4 is 12.1 Å². The van der Waals surface area contributed by atoms with Crippen molar-refractivity contribution in [3.8, 4) is 0 Å². The molecule has 4 aromatic heterocycles. The van der Waals surface area contributed by atoms with Crippen LogP contribution in [-0.2, 0) is 11.3 Å². The standard InChI is InChI=1S/C18H18N5O.C5H7N2S.Sn/c1-2-17-18(19-5-1)10-16(12-21-17)22-14-3-4-15(20-11-14)13-23-6-8-24-9-7-23;1-4(2)5-7-6-3-8-5;/h1-4,10-12,22H,6-9,13H2;4H,1-2H3;. The first-order valence-electron chi connectivity index (χ1n) is 11.0. The average molecular weight is 566 g/mol. The van der Waals surface area contributed by atoms with Gasteiger partial charge >= 0.3 is 177 Å². The summed E-state index contributed by atoms with van der Waals surface area (Å²) in [5.74, 6) is 0.418. The van der Waals surface area contributed by atoms with Crippen LogP contribution in [0.4, 0.5) is 11.4 Å². The normalized spacial score (nSPS) is 14.8. The summed E-state index contributed by atoms with van der Waals surface area (Å²) in [6.45, 7) is 8.67. The molecule has 33 heavy (non-hydrogen) atoms. The predicted octanol–water partition coefficient (Wildman–Crippen LogP) is 2.23. The summed E-state index contributed by atoms with van der Waals surface area (Å²) in [5, 5.41) is 13.2. The number of aromatic nitrogens is 5. The summed E-state index contributed by atoms with van der Waals surface area (Å²) in [6.07, 6.45) is 3.71. The van der Waals surface area contributed by atoms with E-state index < -0.39 is 21.1 Å². The molecule has 10 heteroatoms. The third-order valence-electron chi connectivity index (χ3n) is 5.31. The monoisotopic (exact) mass is 567 g/mol. The van der Waals surface area contributed by atoms with E-state index in [9.17, 15) is 0 Å². The van der Waals surface area contributed by atoms with Crippen molar-refractivity contribution in [3.63, 3.8) is 0 Å². The number of hydrogen-bond donors (Lipinski definition) is 1. The fraction of sp³-hybridized carbons (Fsp3) is 0.348. The first kappa shape index (κ1) is 22.6. The Labute approximate surface area is 207 Å². The van der Waals surface area contributed by atoms with Gasteiger partial charge in [0.2, 0.25) is 0 Å². The Bertz CT molecular complexity index is 1230. The second-order valence-corrected chi connectivity index (χ2v) is 13.8. The van der Waals surface area contributed by atoms with Crippen LogP contribution in [0.25, 0.3) is 11.0 Å². The fourth-order valence-electron chi connectivity index (χ4n) is 3.52. The average Bonchev–Trinajstić information content (AvgIpc) is 3.30. The van der Waals surface area contributed by atoms with Gasteiger partial charge in [-0.05, 0) is 0 Å². The Morgan fingerprint density at radius 2 is 1.88 bits per heavy atom. The molecular weight excluding hydrogens is 541 g/mol. The Kier molecular flexibility index (Phi) is 7.10. The third-order valence-corrected chi connectivity index (χ3v) is 10.3. The van der Waals surface area contributed by atoms with Crippen LogP contribution in [0, 0.1) is 0 Å². The molecule has 8 nitrogen and oxygen atoms in total. The predicted molar refractivity (Wildman–Crippen MR) is 132 cm³/mol. The minimum absolute atomic E-state index is 0.418. The Balaban J connectivity index is 1.27. The van der Waals surface area contributed by atoms with Gasteiger partial charge in [0.1, 0.15) is 0 Å². The molecule has 0 amide bonds. The van der Waals surface area contributed by atoms with E-state index in [1.165, 1.54) is 0 Å². The summed E-state index contributed by atoms with van der Waals surface area (Å²) in [6, 6.07) is 10.3. The zero-order valence-corrected chi connectivity index (χ0v) is 22.3. The molecule has 0 aromatic carbocycles. The Morgan fingerprint density at radius 1 is 1.03 bits per heavy atom. The molecule has 168 valence electrons. The van der Waals surface area contributed by atoms with E-state index in [0.717, 1.165) is 72.7 Å². The number of nitrogens with zero attached hydrogens (tertiary/aromatic N) is 6. The van der Waals surface area contributed by atoms with Crippen molar-refractivity contribution in [3.05, 3.63) is 53.4 Å². The summed E-state index contributed by atoms with van der Waals surface area (Å²) in [7, 11) is 0. The van der Waals surface area contributed by atoms with Gasteiger partial charge < -0.3 is 4.74 Å². The molecule has 2 radical (unpaired) electrons. The van der Waals surface area contributed by atoms with E-state index in [1.807, 2.05) is 18.5 Å². The number of morpholine rings is 1. The van der Waals surface area contributed by atoms with Gasteiger partial charge in [0, 0.05) is 13.1 Å². The van der Waals surface area contributed by atoms with E-state index in [-0.39, 0.29) is 0 Å². The van der Waals surface area contributed by atoms with Crippen molar-refractivity contribution in [1.29, 1.82) is 0 Å². The molecule has 5 rings (SSSR count). The van der Waals surface area contributed by atoms with Gasteiger partial charge in [-0.1, -0.05) is 0 Å². The summed E-state index contributed by atoms with van der Waals surface area (Å²) in [5.41, 5.74) is 4.68. The van der Waals surface area contributed by atoms with Crippen molar-refractivity contribution < 1.29 is 4.74 Å². The topological polar surface area (TPSA) is 89.0 Å². The SMILES string of the molecule is CC(C)c1nn[c]([Sn][c]2ccc3ncc(Nc4ccc(CN5CCOCC5)nc4)cc3n2)s1. The molecule has 0 bridgehead atoms. The van der Waals surface area contributed by atoms with Crippen LogP contribution in [-0.4, -0.2) is 77.5 Å². The molecule has 1 aliphatic heterocycles. The van der Waals surface area contributed by atoms with Gasteiger partial charge in [-0.2, -0.15) is 0 Å². The van der Waals surface area contributed by atoms with Crippen LogP contribution in [0.15, 0.2) is 42.7 Å². The molecule has 4 aromatic rings. The Hall–Kier alpha value is -2.21. The van der Waals surface area contributed by atoms with E-state index in [1.54, 1.807) is 11.3 Å². The van der Waals surface area contributed by atoms with Crippen molar-refractivity contribution in [2.45, 2.75) is 26.3 Å². The van der Waals surface area contributed by atoms with Crippen LogP contribution in [0.1, 0.15) is 30.5 Å². The molecule has 1 saturated heterocycles. The van der Waals surface area contributed by atoms with Crippen molar-refractivity contribution in [1.82, 2.24) is 30.0 Å². The third kappa shape index (κ3) is 5.83. The van der Waals surface area contributed by atoms with Crippen molar-refractivity contribution in [2.24, 2.45) is 0 Å². The van der Waals surface area contributed by atoms with Gasteiger partial charge in [0.05, 0.1) is 13.2 Å². The molecular formula is C23H25N7OSSn. The second kappa shape index (κ2) is 10.4. The molecule has 1 aliphatic rings. The fourth-order valence-corrected chi connectivity index (χ4v) is 8.09. The van der Waals surface area contributed by atoms with E-state index in [0.29, 0.717) is 5.92 Å². The number of ether oxygens (including phenoxy) is 1. The van der Waals surface area contributed by atoms with Crippen LogP contribution in [0.2, 0.25) is 0 Å². The summed E-state index contributed by atoms with van der Waals surface area (Å²) >= 11 is 0.652. The molecule has 0 unspecified atom stereocenters. The number of anilines is 2. The van der Waals surface area contributed by atoms with Crippen molar-refractivity contribution >= 4 is 61.6 Å². The number of pyridine rings is 3. The van der Waals surface area contributed by atoms with Gasteiger partial charge in [-0.15, -0.1) is 0 Å². The van der Waals surface area contributed by atoms with Crippen LogP contribution in [0.3, 0.4) is 0 Å². The first-order valence-corrected chi connectivity index (χ1v) is 14.7. The minimum atomic E-state index is -1.08. The number of fused-ring (bicyclic) bond motifs is 1. The maximum absolute atomic E-state index is 5.41. The van der Waals surface area contributed by atoms with Gasteiger partial charge in [-0.25, -0.2) is 0 Å². The molecule has 1 N–H and O–H groups in total. The van der Waals surface area contributed by atoms with E-state index >= 15 is 0 Å². The van der Waals surface area contributed by atoms with Crippen LogP contribution in [0.5, 0.6) is 0 Å².